The van der Waals surface area contributed by atoms with Gasteiger partial charge in [-0.25, -0.2) is 0 Å². The number of hydrogen-bond acceptors (Lipinski definition) is 3. The van der Waals surface area contributed by atoms with Crippen molar-refractivity contribution in [3.05, 3.63) is 65.2 Å². The number of anilines is 1. The Morgan fingerprint density at radius 2 is 1.71 bits per heavy atom. The Kier molecular flexibility index (Phi) is 11.6. The molecule has 0 aliphatic carbocycles. The number of rotatable bonds is 9. The number of nitrogens with one attached hydrogen (secondary N) is 3. The summed E-state index contributed by atoms with van der Waals surface area (Å²) in [5, 5.41) is 10.1. The predicted octanol–water partition coefficient (Wildman–Crippen LogP) is 4.14. The number of methoxy groups -OCH3 is 1. The van der Waals surface area contributed by atoms with Crippen LogP contribution in [0.5, 0.6) is 0 Å². The van der Waals surface area contributed by atoms with E-state index in [9.17, 15) is 0 Å². The summed E-state index contributed by atoms with van der Waals surface area (Å²) in [6.07, 6.45) is 0. The van der Waals surface area contributed by atoms with Crippen LogP contribution in [0.3, 0.4) is 0 Å². The lowest BCUT2D eigenvalue weighted by molar-refractivity contribution is 0.211. The maximum Gasteiger partial charge on any atom is 0.191 e. The van der Waals surface area contributed by atoms with Gasteiger partial charge in [-0.05, 0) is 36.1 Å². The number of benzene rings is 2. The zero-order chi connectivity index (χ0) is 19.5. The molecule has 0 saturated carbocycles. The first-order chi connectivity index (χ1) is 13.1. The smallest absolute Gasteiger partial charge is 0.191 e. The molecular weight excluding hydrogens is 463 g/mol. The molecule has 6 heteroatoms. The second kappa shape index (κ2) is 13.4. The normalized spacial score (nSPS) is 12.1. The van der Waals surface area contributed by atoms with Gasteiger partial charge < -0.3 is 20.7 Å². The molecule has 2 rings (SSSR count). The zero-order valence-electron chi connectivity index (χ0n) is 17.3. The molecule has 2 aromatic carbocycles. The number of ether oxygens (including phenoxy) is 1. The highest BCUT2D eigenvalue weighted by Gasteiger charge is 2.06. The third-order valence-electron chi connectivity index (χ3n) is 4.49. The van der Waals surface area contributed by atoms with E-state index in [0.717, 1.165) is 31.3 Å². The van der Waals surface area contributed by atoms with Crippen LogP contribution in [0.25, 0.3) is 0 Å². The summed E-state index contributed by atoms with van der Waals surface area (Å²) >= 11 is 0. The van der Waals surface area contributed by atoms with E-state index in [1.54, 1.807) is 14.2 Å². The highest BCUT2D eigenvalue weighted by atomic mass is 127. The first-order valence-corrected chi connectivity index (χ1v) is 9.45. The van der Waals surface area contributed by atoms with Gasteiger partial charge >= 0.3 is 0 Å². The van der Waals surface area contributed by atoms with E-state index in [1.807, 2.05) is 0 Å². The molecular formula is C22H33IN4O. The van der Waals surface area contributed by atoms with Gasteiger partial charge in [-0.15, -0.1) is 24.0 Å². The highest BCUT2D eigenvalue weighted by Crippen LogP contribution is 2.14. The number of guanidine groups is 1. The van der Waals surface area contributed by atoms with E-state index >= 15 is 0 Å². The monoisotopic (exact) mass is 496 g/mol. The summed E-state index contributed by atoms with van der Waals surface area (Å²) < 4.78 is 5.05. The van der Waals surface area contributed by atoms with Gasteiger partial charge in [-0.1, -0.05) is 48.9 Å². The molecule has 0 spiro atoms. The van der Waals surface area contributed by atoms with Gasteiger partial charge in [0, 0.05) is 39.5 Å². The molecule has 0 aromatic heterocycles. The summed E-state index contributed by atoms with van der Waals surface area (Å²) in [6.45, 7) is 7.42. The van der Waals surface area contributed by atoms with Crippen molar-refractivity contribution in [1.29, 1.82) is 0 Å². The van der Waals surface area contributed by atoms with Crippen LogP contribution in [-0.2, 0) is 11.3 Å². The van der Waals surface area contributed by atoms with E-state index in [2.05, 4.69) is 83.3 Å². The van der Waals surface area contributed by atoms with Crippen molar-refractivity contribution in [3.8, 4) is 0 Å². The van der Waals surface area contributed by atoms with E-state index in [0.29, 0.717) is 12.5 Å². The standard InChI is InChI=1S/C22H32N4O.HI/c1-17-5-9-20(10-6-17)18(2)15-25-22(23-3)26-16-19-7-11-21(12-8-19)24-13-14-27-4;/h5-12,18,24H,13-16H2,1-4H3,(H2,23,25,26);1H. The van der Waals surface area contributed by atoms with E-state index < -0.39 is 0 Å². The van der Waals surface area contributed by atoms with E-state index in [1.165, 1.54) is 16.7 Å². The third kappa shape index (κ3) is 8.48. The fourth-order valence-electron chi connectivity index (χ4n) is 2.71. The first-order valence-electron chi connectivity index (χ1n) is 9.45. The van der Waals surface area contributed by atoms with Gasteiger partial charge in [0.05, 0.1) is 6.61 Å². The fourth-order valence-corrected chi connectivity index (χ4v) is 2.71. The molecule has 5 nitrogen and oxygen atoms in total. The Morgan fingerprint density at radius 3 is 2.32 bits per heavy atom. The number of nitrogens with zero attached hydrogens (tertiary/aromatic N) is 1. The molecule has 0 fully saturated rings. The lowest BCUT2D eigenvalue weighted by atomic mass is 10.0. The maximum absolute atomic E-state index is 5.05. The largest absolute Gasteiger partial charge is 0.383 e. The van der Waals surface area contributed by atoms with Gasteiger partial charge in [-0.3, -0.25) is 4.99 Å². The molecule has 0 bridgehead atoms. The molecule has 0 amide bonds. The maximum atomic E-state index is 5.05. The van der Waals surface area contributed by atoms with Crippen molar-refractivity contribution < 1.29 is 4.74 Å². The highest BCUT2D eigenvalue weighted by molar-refractivity contribution is 14.0. The number of aliphatic imine (C=N–C) groups is 1. The summed E-state index contributed by atoms with van der Waals surface area (Å²) in [7, 11) is 3.51. The van der Waals surface area contributed by atoms with Crippen LogP contribution in [0.2, 0.25) is 0 Å². The summed E-state index contributed by atoms with van der Waals surface area (Å²) in [4.78, 5) is 4.32. The lowest BCUT2D eigenvalue weighted by Gasteiger charge is -2.17. The average Bonchev–Trinajstić information content (AvgIpc) is 2.69. The van der Waals surface area contributed by atoms with Crippen molar-refractivity contribution in [2.45, 2.75) is 26.3 Å². The van der Waals surface area contributed by atoms with E-state index in [4.69, 9.17) is 4.74 Å². The Morgan fingerprint density at radius 1 is 1.04 bits per heavy atom. The first kappa shape index (κ1) is 24.2. The second-order valence-corrected chi connectivity index (χ2v) is 6.73. The lowest BCUT2D eigenvalue weighted by Crippen LogP contribution is -2.38. The molecule has 154 valence electrons. The predicted molar refractivity (Wildman–Crippen MR) is 130 cm³/mol. The van der Waals surface area contributed by atoms with Crippen molar-refractivity contribution >= 4 is 35.6 Å². The molecule has 2 aromatic rings. The molecule has 0 aliphatic heterocycles. The number of hydrogen-bond donors (Lipinski definition) is 3. The second-order valence-electron chi connectivity index (χ2n) is 6.73. The molecule has 0 aliphatic rings. The van der Waals surface area contributed by atoms with Gasteiger partial charge in [0.2, 0.25) is 0 Å². The van der Waals surface area contributed by atoms with Crippen LogP contribution < -0.4 is 16.0 Å². The van der Waals surface area contributed by atoms with Crippen molar-refractivity contribution in [2.75, 3.05) is 39.2 Å². The minimum absolute atomic E-state index is 0. The van der Waals surface area contributed by atoms with Crippen LogP contribution in [0, 0.1) is 6.92 Å². The summed E-state index contributed by atoms with van der Waals surface area (Å²) in [6, 6.07) is 17.1. The van der Waals surface area contributed by atoms with Gasteiger partial charge in [0.15, 0.2) is 5.96 Å². The third-order valence-corrected chi connectivity index (χ3v) is 4.49. The van der Waals surface area contributed by atoms with Gasteiger partial charge in [0.25, 0.3) is 0 Å². The molecule has 0 radical (unpaired) electrons. The molecule has 28 heavy (non-hydrogen) atoms. The van der Waals surface area contributed by atoms with Gasteiger partial charge in [-0.2, -0.15) is 0 Å². The SMILES string of the molecule is CN=C(NCc1ccc(NCCOC)cc1)NCC(C)c1ccc(C)cc1.I. The Labute approximate surface area is 186 Å². The summed E-state index contributed by atoms with van der Waals surface area (Å²) in [5.74, 6) is 1.23. The Hall–Kier alpha value is -1.80. The van der Waals surface area contributed by atoms with E-state index in [-0.39, 0.29) is 24.0 Å². The Bertz CT molecular complexity index is 701. The molecule has 1 unspecified atom stereocenters. The quantitative estimate of drug-likeness (QED) is 0.212. The number of halogens is 1. The van der Waals surface area contributed by atoms with Crippen molar-refractivity contribution in [3.63, 3.8) is 0 Å². The molecule has 3 N–H and O–H groups in total. The topological polar surface area (TPSA) is 57.7 Å². The molecule has 0 heterocycles. The van der Waals surface area contributed by atoms with Crippen LogP contribution in [0.1, 0.15) is 29.5 Å². The minimum atomic E-state index is 0. The van der Waals surface area contributed by atoms with Crippen molar-refractivity contribution in [2.24, 2.45) is 4.99 Å². The van der Waals surface area contributed by atoms with Crippen LogP contribution in [0.15, 0.2) is 53.5 Å². The molecule has 1 atom stereocenters. The summed E-state index contributed by atoms with van der Waals surface area (Å²) in [5.41, 5.74) is 4.93. The fraction of sp³-hybridized carbons (Fsp3) is 0.409. The van der Waals surface area contributed by atoms with Crippen molar-refractivity contribution in [1.82, 2.24) is 10.6 Å². The molecule has 0 saturated heterocycles. The Balaban J connectivity index is 0.00000392. The van der Waals surface area contributed by atoms with Crippen LogP contribution >= 0.6 is 24.0 Å². The average molecular weight is 496 g/mol. The van der Waals surface area contributed by atoms with Gasteiger partial charge in [0.1, 0.15) is 0 Å². The number of aryl methyl sites for hydroxylation is 1. The van der Waals surface area contributed by atoms with Crippen LogP contribution in [-0.4, -0.2) is 39.8 Å². The minimum Gasteiger partial charge on any atom is -0.383 e. The van der Waals surface area contributed by atoms with Crippen LogP contribution in [0.4, 0.5) is 5.69 Å². The zero-order valence-corrected chi connectivity index (χ0v) is 19.6.